The van der Waals surface area contributed by atoms with E-state index in [-0.39, 0.29) is 17.4 Å². The average Bonchev–Trinajstić information content (AvgIpc) is 3.99. The minimum absolute atomic E-state index is 0. The van der Waals surface area contributed by atoms with Gasteiger partial charge in [-0.15, -0.1) is 32.1 Å². The zero-order chi connectivity index (χ0) is 39.5. The third-order valence-electron chi connectivity index (χ3n) is 9.12. The van der Waals surface area contributed by atoms with Crippen molar-refractivity contribution in [2.45, 2.75) is 119 Å². The van der Waals surface area contributed by atoms with Gasteiger partial charge in [0.15, 0.2) is 0 Å². The number of primary amides is 1. The second-order valence-corrected chi connectivity index (χ2v) is 16.0. The van der Waals surface area contributed by atoms with Crippen LogP contribution in [0.15, 0.2) is 74.8 Å². The Hall–Kier alpha value is -3.82. The minimum Gasteiger partial charge on any atom is -0.386 e. The van der Waals surface area contributed by atoms with Gasteiger partial charge in [0, 0.05) is 65.2 Å². The maximum absolute atomic E-state index is 8.58. The van der Waals surface area contributed by atoms with Crippen molar-refractivity contribution in [3.05, 3.63) is 91.6 Å². The van der Waals surface area contributed by atoms with Crippen LogP contribution < -0.4 is 16.8 Å². The number of carbonyl (C=O) groups is 1. The summed E-state index contributed by atoms with van der Waals surface area (Å²) in [5.41, 5.74) is 16.3. The van der Waals surface area contributed by atoms with Crippen molar-refractivity contribution in [2.24, 2.45) is 40.6 Å². The number of hydrogen-bond donors (Lipinski definition) is 3. The molecule has 4 atom stereocenters. The lowest BCUT2D eigenvalue weighted by Crippen LogP contribution is -2.30. The molecule has 1 aromatic carbocycles. The van der Waals surface area contributed by atoms with Crippen molar-refractivity contribution in [3.8, 4) is 12.3 Å². The van der Waals surface area contributed by atoms with Crippen molar-refractivity contribution in [1.82, 2.24) is 15.2 Å². The van der Waals surface area contributed by atoms with Crippen LogP contribution in [0.3, 0.4) is 0 Å². The van der Waals surface area contributed by atoms with E-state index in [0.717, 1.165) is 32.0 Å². The van der Waals surface area contributed by atoms with Gasteiger partial charge in [-0.25, -0.2) is 0 Å². The lowest BCUT2D eigenvalue weighted by Gasteiger charge is -2.34. The van der Waals surface area contributed by atoms with E-state index in [4.69, 9.17) is 15.5 Å². The number of allylic oxidation sites excluding steroid dienone is 3. The van der Waals surface area contributed by atoms with Gasteiger partial charge in [-0.1, -0.05) is 71.5 Å². The number of terminal acetylenes is 1. The number of aryl methyl sites for hydroxylation is 2. The van der Waals surface area contributed by atoms with Crippen molar-refractivity contribution in [2.75, 3.05) is 13.1 Å². The molecule has 0 spiro atoms. The predicted molar refractivity (Wildman–Crippen MR) is 224 cm³/mol. The Morgan fingerprint density at radius 3 is 2.14 bits per heavy atom. The van der Waals surface area contributed by atoms with Crippen LogP contribution in [-0.2, 0) is 17.6 Å². The highest BCUT2D eigenvalue weighted by Crippen LogP contribution is 2.44. The van der Waals surface area contributed by atoms with E-state index in [1.165, 1.54) is 64.7 Å². The smallest absolute Gasteiger partial charge is 0.204 e. The Kier molecular flexibility index (Phi) is 21.2. The molecule has 2 aromatic rings. The number of nitrogens with one attached hydrogen (secondary N) is 1. The molecule has 2 heterocycles. The van der Waals surface area contributed by atoms with Crippen LogP contribution in [-0.4, -0.2) is 41.0 Å². The molecule has 1 aliphatic heterocycles. The van der Waals surface area contributed by atoms with Gasteiger partial charge in [-0.2, -0.15) is 0 Å². The number of benzene rings is 1. The van der Waals surface area contributed by atoms with Crippen LogP contribution in [0.2, 0.25) is 0 Å². The number of amides is 1. The fourth-order valence-electron chi connectivity index (χ4n) is 5.70. The molecule has 6 nitrogen and oxygen atoms in total. The number of hydrogen-bond acceptors (Lipinski definition) is 5. The third kappa shape index (κ3) is 18.3. The van der Waals surface area contributed by atoms with Gasteiger partial charge in [0.2, 0.25) is 6.41 Å². The van der Waals surface area contributed by atoms with Crippen LogP contribution in [0.1, 0.15) is 105 Å². The maximum Gasteiger partial charge on any atom is 0.204 e. The molecule has 3 aliphatic rings. The highest BCUT2D eigenvalue weighted by Gasteiger charge is 2.38. The normalized spacial score (nSPS) is 19.1. The van der Waals surface area contributed by atoms with Gasteiger partial charge in [-0.05, 0) is 107 Å². The molecule has 2 saturated carbocycles. The molecule has 6 heteroatoms. The zero-order valence-corrected chi connectivity index (χ0v) is 34.1. The van der Waals surface area contributed by atoms with Gasteiger partial charge >= 0.3 is 0 Å². The van der Waals surface area contributed by atoms with E-state index in [0.29, 0.717) is 23.7 Å². The molecule has 5 N–H and O–H groups in total. The summed E-state index contributed by atoms with van der Waals surface area (Å²) in [5, 5.41) is 6.18. The van der Waals surface area contributed by atoms with Crippen molar-refractivity contribution in [1.29, 1.82) is 0 Å². The molecule has 0 radical (unpaired) electrons. The fraction of sp³-hybridized carbons (Fsp3) is 0.556. The fourth-order valence-corrected chi connectivity index (χ4v) is 5.70. The third-order valence-corrected chi connectivity index (χ3v) is 9.12. The Bertz CT molecular complexity index is 1410. The van der Waals surface area contributed by atoms with Crippen molar-refractivity contribution in [3.63, 3.8) is 0 Å². The van der Waals surface area contributed by atoms with E-state index in [1.54, 1.807) is 6.92 Å². The molecule has 5 rings (SSSR count). The standard InChI is InChI=1S/C25H36N2.C10H15N.C4H11N.C3H4.C2H4.CH3NO/c1-8-21-15-26-24(23-13-17(2)9-10-22(21)23)14-20-11-12-27(16-20)19(4)18(3)25(5,6)7;1-3-8-6-10(8)7(2)11-9-4-5-9;1-4(2,3)5;1-3-2;1-2;2-1-3/h9-10,13,15,18,20H,4,8,11-12,14,16H2,1-3,5-7H3;3,8-11H,1-2,4-6H2;5H2,1-3H3;1H,2H3;1-2H2;1H,(H2,2,3)/t18-,20?;;;;;/m1...../s1. The first-order valence-electron chi connectivity index (χ1n) is 18.5. The van der Waals surface area contributed by atoms with E-state index in [9.17, 15) is 0 Å². The number of nitrogens with zero attached hydrogens (tertiary/aromatic N) is 2. The molecule has 1 amide bonds. The molecule has 3 unspecified atom stereocenters. The van der Waals surface area contributed by atoms with Crippen molar-refractivity contribution < 1.29 is 4.79 Å². The summed E-state index contributed by atoms with van der Waals surface area (Å²) in [6.45, 7) is 41.7. The summed E-state index contributed by atoms with van der Waals surface area (Å²) in [6.07, 6.45) is 16.3. The van der Waals surface area contributed by atoms with E-state index < -0.39 is 0 Å². The molecule has 1 saturated heterocycles. The summed E-state index contributed by atoms with van der Waals surface area (Å²) in [7, 11) is 0. The Morgan fingerprint density at radius 1 is 1.14 bits per heavy atom. The summed E-state index contributed by atoms with van der Waals surface area (Å²) >= 11 is 0. The summed E-state index contributed by atoms with van der Waals surface area (Å²) in [6, 6.07) is 7.58. The van der Waals surface area contributed by atoms with Gasteiger partial charge in [0.25, 0.3) is 0 Å². The first kappa shape index (κ1) is 47.2. The number of rotatable bonds is 9. The molecule has 0 bridgehead atoms. The first-order chi connectivity index (χ1) is 23.8. The second kappa shape index (κ2) is 22.9. The summed E-state index contributed by atoms with van der Waals surface area (Å²) in [5.74, 6) is 4.83. The lowest BCUT2D eigenvalue weighted by molar-refractivity contribution is -0.106. The highest BCUT2D eigenvalue weighted by molar-refractivity contribution is 5.88. The van der Waals surface area contributed by atoms with Crippen molar-refractivity contribution >= 4 is 17.2 Å². The van der Waals surface area contributed by atoms with E-state index in [2.05, 4.69) is 127 Å². The van der Waals surface area contributed by atoms with Gasteiger partial charge in [0.05, 0.1) is 0 Å². The topological polar surface area (TPSA) is 97.3 Å². The molecule has 284 valence electrons. The quantitative estimate of drug-likeness (QED) is 0.138. The zero-order valence-electron chi connectivity index (χ0n) is 34.1. The summed E-state index contributed by atoms with van der Waals surface area (Å²) in [4.78, 5) is 16.0. The van der Waals surface area contributed by atoms with Crippen LogP contribution in [0, 0.1) is 48.4 Å². The molecule has 3 fully saturated rings. The van der Waals surface area contributed by atoms with Crippen LogP contribution in [0.5, 0.6) is 0 Å². The maximum atomic E-state index is 8.58. The monoisotopic (exact) mass is 700 g/mol. The number of aromatic nitrogens is 1. The Labute approximate surface area is 313 Å². The second-order valence-electron chi connectivity index (χ2n) is 16.0. The van der Waals surface area contributed by atoms with Gasteiger partial charge < -0.3 is 21.7 Å². The van der Waals surface area contributed by atoms with Crippen LogP contribution >= 0.6 is 0 Å². The first-order valence-corrected chi connectivity index (χ1v) is 18.5. The molecular formula is C45H73N5O. The lowest BCUT2D eigenvalue weighted by atomic mass is 9.80. The average molecular weight is 700 g/mol. The molecule has 2 aliphatic carbocycles. The largest absolute Gasteiger partial charge is 0.386 e. The molecular weight excluding hydrogens is 627 g/mol. The number of pyridine rings is 1. The number of nitrogens with two attached hydrogens (primary N) is 2. The van der Waals surface area contributed by atoms with Gasteiger partial charge in [-0.3, -0.25) is 9.78 Å². The molecule has 51 heavy (non-hydrogen) atoms. The Morgan fingerprint density at radius 2 is 1.69 bits per heavy atom. The Balaban J connectivity index is 0.000000850. The number of likely N-dealkylation sites (tertiary alicyclic amines) is 1. The van der Waals surface area contributed by atoms with E-state index >= 15 is 0 Å². The van der Waals surface area contributed by atoms with Crippen LogP contribution in [0.25, 0.3) is 10.8 Å². The number of carbonyl (C=O) groups excluding carboxylic acids is 1. The highest BCUT2D eigenvalue weighted by atomic mass is 16.1. The van der Waals surface area contributed by atoms with Gasteiger partial charge in [0.1, 0.15) is 0 Å². The van der Waals surface area contributed by atoms with Crippen LogP contribution in [0.4, 0.5) is 0 Å². The summed E-state index contributed by atoms with van der Waals surface area (Å²) < 4.78 is 0. The predicted octanol–water partition coefficient (Wildman–Crippen LogP) is 9.53. The SMILES string of the molecule is C#CC.C=C.C=C([C@@H](C)C(C)(C)C)N1CCC(Cc2ncc(CC)c3ccc(C)cc23)C1.C=CC1CC1C(=C)NC1CC1.CC(C)(C)N.NC=O. The minimum atomic E-state index is 0. The molecule has 1 aromatic heterocycles. The van der Waals surface area contributed by atoms with E-state index in [1.807, 2.05) is 26.8 Å². The number of fused-ring (bicyclic) bond motifs is 1.